The molecule has 5 rings (SSSR count). The number of nitrogens with one attached hydrogen (secondary N) is 3. The molecule has 0 aliphatic heterocycles. The number of aromatic nitrogens is 1. The topological polar surface area (TPSA) is 105 Å². The third kappa shape index (κ3) is 7.90. The molecule has 0 atom stereocenters. The Kier molecular flexibility index (Phi) is 9.75. The van der Waals surface area contributed by atoms with Crippen molar-refractivity contribution >= 4 is 77.7 Å². The number of hydrogen-bond donors (Lipinski definition) is 3. The van der Waals surface area contributed by atoms with Crippen LogP contribution in [0.1, 0.15) is 15.9 Å². The molecule has 0 unspecified atom stereocenters. The highest BCUT2D eigenvalue weighted by Gasteiger charge is 2.12. The summed E-state index contributed by atoms with van der Waals surface area (Å²) in [7, 11) is 0. The number of rotatable bonds is 10. The van der Waals surface area contributed by atoms with Crippen LogP contribution in [-0.4, -0.2) is 29.6 Å². The molecule has 0 spiro atoms. The smallest absolute Gasteiger partial charge is 0.271 e. The quantitative estimate of drug-likeness (QED) is 0.101. The Hall–Kier alpha value is -4.32. The maximum Gasteiger partial charge on any atom is 0.271 e. The summed E-state index contributed by atoms with van der Waals surface area (Å²) in [6, 6.07) is 29.7. The molecule has 3 N–H and O–H groups in total. The first-order valence-electron chi connectivity index (χ1n) is 12.6. The number of benzene rings is 4. The summed E-state index contributed by atoms with van der Waals surface area (Å²) in [5, 5.41) is 12.9. The zero-order valence-electron chi connectivity index (χ0n) is 21.9. The molecule has 0 bridgehead atoms. The fraction of sp³-hybridized carbons (Fsp3) is 0.0323. The average molecular weight is 705 g/mol. The van der Waals surface area contributed by atoms with Crippen LogP contribution < -0.4 is 20.8 Å². The Morgan fingerprint density at radius 1 is 0.881 bits per heavy atom. The molecule has 4 aromatic carbocycles. The van der Waals surface area contributed by atoms with Crippen molar-refractivity contribution in [3.05, 3.63) is 123 Å². The lowest BCUT2D eigenvalue weighted by atomic mass is 10.1. The minimum Gasteiger partial charge on any atom is -0.481 e. The molecule has 0 aliphatic rings. The van der Waals surface area contributed by atoms with Gasteiger partial charge >= 0.3 is 0 Å². The monoisotopic (exact) mass is 703 g/mol. The highest BCUT2D eigenvalue weighted by Crippen LogP contribution is 2.34. The number of carbonyl (C=O) groups excluding carboxylic acids is 2. The molecule has 8 nitrogen and oxygen atoms in total. The van der Waals surface area contributed by atoms with Crippen molar-refractivity contribution in [3.8, 4) is 17.0 Å². The van der Waals surface area contributed by atoms with Gasteiger partial charge in [0.2, 0.25) is 0 Å². The first-order valence-corrected chi connectivity index (χ1v) is 15.1. The second kappa shape index (κ2) is 14.0. The normalized spacial score (nSPS) is 10.8. The van der Waals surface area contributed by atoms with Gasteiger partial charge in [0.25, 0.3) is 11.8 Å². The molecular weight excluding hydrogens is 682 g/mol. The van der Waals surface area contributed by atoms with E-state index in [9.17, 15) is 9.59 Å². The predicted molar refractivity (Wildman–Crippen MR) is 175 cm³/mol. The Bertz CT molecular complexity index is 1690. The van der Waals surface area contributed by atoms with Crippen LogP contribution in [0.5, 0.6) is 5.75 Å². The van der Waals surface area contributed by atoms with E-state index in [0.29, 0.717) is 31.5 Å². The highest BCUT2D eigenvalue weighted by atomic mass is 79.9. The molecule has 42 heavy (non-hydrogen) atoms. The molecule has 11 heteroatoms. The van der Waals surface area contributed by atoms with Gasteiger partial charge in [-0.25, -0.2) is 10.4 Å². The van der Waals surface area contributed by atoms with Crippen LogP contribution in [0.4, 0.5) is 16.5 Å². The maximum atomic E-state index is 12.6. The third-order valence-electron chi connectivity index (χ3n) is 5.78. The minimum atomic E-state index is -0.343. The number of anilines is 3. The summed E-state index contributed by atoms with van der Waals surface area (Å²) in [5.41, 5.74) is 7.11. The van der Waals surface area contributed by atoms with E-state index in [1.165, 1.54) is 17.6 Å². The van der Waals surface area contributed by atoms with E-state index < -0.39 is 0 Å². The molecule has 0 saturated heterocycles. The van der Waals surface area contributed by atoms with Gasteiger partial charge in [0.15, 0.2) is 11.7 Å². The van der Waals surface area contributed by atoms with E-state index >= 15 is 0 Å². The molecule has 0 radical (unpaired) electrons. The minimum absolute atomic E-state index is 0.164. The Morgan fingerprint density at radius 3 is 2.19 bits per heavy atom. The number of thiazole rings is 1. The second-order valence-corrected chi connectivity index (χ2v) is 11.4. The number of ether oxygens (including phenoxy) is 1. The van der Waals surface area contributed by atoms with Crippen molar-refractivity contribution in [2.24, 2.45) is 5.10 Å². The maximum absolute atomic E-state index is 12.6. The van der Waals surface area contributed by atoms with Gasteiger partial charge in [0, 0.05) is 27.9 Å². The highest BCUT2D eigenvalue weighted by molar-refractivity contribution is 9.11. The van der Waals surface area contributed by atoms with Crippen molar-refractivity contribution in [1.29, 1.82) is 0 Å². The van der Waals surface area contributed by atoms with Crippen LogP contribution in [0.3, 0.4) is 0 Å². The van der Waals surface area contributed by atoms with Crippen LogP contribution in [0.25, 0.3) is 11.3 Å². The van der Waals surface area contributed by atoms with Gasteiger partial charge in [-0.3, -0.25) is 9.59 Å². The first-order chi connectivity index (χ1) is 20.4. The lowest BCUT2D eigenvalue weighted by Gasteiger charge is -2.11. The number of amides is 2. The molecule has 2 amide bonds. The van der Waals surface area contributed by atoms with Gasteiger partial charge < -0.3 is 15.4 Å². The van der Waals surface area contributed by atoms with Crippen molar-refractivity contribution in [2.45, 2.75) is 0 Å². The molecule has 1 heterocycles. The van der Waals surface area contributed by atoms with E-state index in [4.69, 9.17) is 4.74 Å². The fourth-order valence-corrected chi connectivity index (χ4v) is 5.97. The van der Waals surface area contributed by atoms with Crippen LogP contribution in [0.2, 0.25) is 0 Å². The summed E-state index contributed by atoms with van der Waals surface area (Å²) in [6.45, 7) is -0.164. The summed E-state index contributed by atoms with van der Waals surface area (Å²) >= 11 is 8.46. The third-order valence-corrected chi connectivity index (χ3v) is 7.71. The molecule has 0 saturated carbocycles. The van der Waals surface area contributed by atoms with E-state index in [2.05, 4.69) is 58.0 Å². The zero-order valence-corrected chi connectivity index (χ0v) is 25.9. The van der Waals surface area contributed by atoms with Crippen molar-refractivity contribution < 1.29 is 14.3 Å². The van der Waals surface area contributed by atoms with Gasteiger partial charge in [-0.05, 0) is 86.0 Å². The lowest BCUT2D eigenvalue weighted by Crippen LogP contribution is -2.20. The average Bonchev–Trinajstić information content (AvgIpc) is 3.46. The van der Waals surface area contributed by atoms with Crippen LogP contribution >= 0.6 is 43.2 Å². The van der Waals surface area contributed by atoms with Gasteiger partial charge in [-0.15, -0.1) is 11.3 Å². The number of nitrogens with zero attached hydrogens (tertiary/aromatic N) is 2. The number of hydrazone groups is 1. The van der Waals surface area contributed by atoms with Gasteiger partial charge in [-0.1, -0.05) is 48.5 Å². The zero-order chi connectivity index (χ0) is 29.3. The first kappa shape index (κ1) is 29.2. The van der Waals surface area contributed by atoms with Crippen LogP contribution in [-0.2, 0) is 4.79 Å². The molecule has 0 aliphatic carbocycles. The van der Waals surface area contributed by atoms with Gasteiger partial charge in [-0.2, -0.15) is 5.10 Å². The Labute approximate surface area is 263 Å². The number of hydrogen-bond acceptors (Lipinski definition) is 7. The molecule has 210 valence electrons. The molecule has 1 aromatic heterocycles. The molecule has 5 aromatic rings. The summed E-state index contributed by atoms with van der Waals surface area (Å²) in [6.07, 6.45) is 1.52. The number of para-hydroxylation sites is 2. The predicted octanol–water partition coefficient (Wildman–Crippen LogP) is 7.86. The van der Waals surface area contributed by atoms with E-state index in [0.717, 1.165) is 22.1 Å². The number of halogens is 2. The standard InChI is InChI=1S/C31H23Br2N5O3S/c32-25-15-20(16-26(33)29(25)41-18-28(39)35-23-7-3-1-4-8-23)17-34-38-30(40)22-13-11-21(12-14-22)27-19-42-31(37-27)36-24-9-5-2-6-10-24/h1-17,19H,18H2,(H,35,39)(H,36,37)(H,38,40)/b34-17+. The molecular formula is C31H23Br2N5O3S. The van der Waals surface area contributed by atoms with Gasteiger partial charge in [0.1, 0.15) is 5.75 Å². The van der Waals surface area contributed by atoms with Crippen molar-refractivity contribution in [2.75, 3.05) is 17.2 Å². The second-order valence-electron chi connectivity index (χ2n) is 8.82. The number of carbonyl (C=O) groups is 2. The van der Waals surface area contributed by atoms with E-state index in [-0.39, 0.29) is 18.4 Å². The summed E-state index contributed by atoms with van der Waals surface area (Å²) in [5.74, 6) is -0.148. The van der Waals surface area contributed by atoms with Crippen molar-refractivity contribution in [3.63, 3.8) is 0 Å². The molecule has 0 fully saturated rings. The van der Waals surface area contributed by atoms with Crippen molar-refractivity contribution in [1.82, 2.24) is 10.4 Å². The largest absolute Gasteiger partial charge is 0.481 e. The van der Waals surface area contributed by atoms with Crippen LogP contribution in [0, 0.1) is 0 Å². The van der Waals surface area contributed by atoms with E-state index in [1.807, 2.05) is 66.0 Å². The lowest BCUT2D eigenvalue weighted by molar-refractivity contribution is -0.118. The Morgan fingerprint density at radius 2 is 1.52 bits per heavy atom. The van der Waals surface area contributed by atoms with E-state index in [1.54, 1.807) is 36.4 Å². The van der Waals surface area contributed by atoms with Gasteiger partial charge in [0.05, 0.1) is 20.9 Å². The summed E-state index contributed by atoms with van der Waals surface area (Å²) < 4.78 is 6.94. The summed E-state index contributed by atoms with van der Waals surface area (Å²) in [4.78, 5) is 29.5. The SMILES string of the molecule is O=C(COc1c(Br)cc(/C=N/NC(=O)c2ccc(-c3csc(Nc4ccccc4)n3)cc2)cc1Br)Nc1ccccc1. The Balaban J connectivity index is 1.14. The van der Waals surface area contributed by atoms with Crippen LogP contribution in [0.15, 0.2) is 116 Å². The fourth-order valence-electron chi connectivity index (χ4n) is 3.78.